The van der Waals surface area contributed by atoms with Crippen LogP contribution in [0.15, 0.2) is 58.3 Å². The quantitative estimate of drug-likeness (QED) is 0.450. The number of ether oxygens (including phenoxy) is 1. The van der Waals surface area contributed by atoms with Gasteiger partial charge in [0, 0.05) is 27.1 Å². The van der Waals surface area contributed by atoms with Gasteiger partial charge in [0.15, 0.2) is 5.96 Å². The average molecular weight is 416 g/mol. The molecule has 0 bridgehead atoms. The van der Waals surface area contributed by atoms with Crippen molar-refractivity contribution in [3.05, 3.63) is 71.2 Å². The Hall–Kier alpha value is -2.93. The van der Waals surface area contributed by atoms with Gasteiger partial charge in [-0.15, -0.1) is 0 Å². The van der Waals surface area contributed by atoms with Crippen molar-refractivity contribution in [2.45, 2.75) is 19.5 Å². The van der Waals surface area contributed by atoms with E-state index in [1.165, 1.54) is 0 Å². The summed E-state index contributed by atoms with van der Waals surface area (Å²) in [6.07, 6.45) is 4.12. The number of hydrogen-bond acceptors (Lipinski definition) is 4. The Morgan fingerprint density at radius 1 is 1.31 bits per heavy atom. The fourth-order valence-corrected chi connectivity index (χ4v) is 2.97. The molecule has 0 aliphatic rings. The molecule has 0 unspecified atom stereocenters. The zero-order valence-electron chi connectivity index (χ0n) is 16.9. The van der Waals surface area contributed by atoms with Crippen LogP contribution in [-0.2, 0) is 26.6 Å². The van der Waals surface area contributed by atoms with E-state index in [-0.39, 0.29) is 0 Å². The van der Waals surface area contributed by atoms with Crippen molar-refractivity contribution in [1.82, 2.24) is 19.8 Å². The summed E-state index contributed by atoms with van der Waals surface area (Å²) in [5.41, 5.74) is 1.10. The number of halogens is 1. The molecule has 1 aromatic carbocycles. The van der Waals surface area contributed by atoms with Gasteiger partial charge < -0.3 is 23.9 Å². The number of furan rings is 1. The molecule has 8 heteroatoms. The largest absolute Gasteiger partial charge is 0.497 e. The van der Waals surface area contributed by atoms with Gasteiger partial charge in [0.05, 0.1) is 32.7 Å². The van der Waals surface area contributed by atoms with Gasteiger partial charge in [0.2, 0.25) is 0 Å². The molecule has 0 aliphatic carbocycles. The van der Waals surface area contributed by atoms with Gasteiger partial charge in [0.25, 0.3) is 0 Å². The predicted octanol–water partition coefficient (Wildman–Crippen LogP) is 3.50. The van der Waals surface area contributed by atoms with E-state index in [0.717, 1.165) is 35.3 Å². The topological polar surface area (TPSA) is 67.8 Å². The first-order valence-corrected chi connectivity index (χ1v) is 9.75. The molecule has 0 aliphatic heterocycles. The maximum atomic E-state index is 6.11. The number of nitrogens with one attached hydrogen (secondary N) is 1. The van der Waals surface area contributed by atoms with E-state index in [1.54, 1.807) is 19.6 Å². The fourth-order valence-electron chi connectivity index (χ4n) is 2.82. The molecule has 0 amide bonds. The Morgan fingerprint density at radius 3 is 2.72 bits per heavy atom. The number of imidazole rings is 1. The minimum atomic E-state index is 0.554. The van der Waals surface area contributed by atoms with E-state index in [9.17, 15) is 0 Å². The molecule has 0 spiro atoms. The lowest BCUT2D eigenvalue weighted by molar-refractivity contribution is 0.414. The molecular formula is C21H26ClN5O2. The number of nitrogens with zero attached hydrogens (tertiary/aromatic N) is 4. The molecule has 154 valence electrons. The monoisotopic (exact) mass is 415 g/mol. The van der Waals surface area contributed by atoms with Crippen LogP contribution in [0.1, 0.15) is 17.1 Å². The third kappa shape index (κ3) is 5.77. The first kappa shape index (κ1) is 20.8. The summed E-state index contributed by atoms with van der Waals surface area (Å²) in [6.45, 7) is 1.85. The Labute approximate surface area is 176 Å². The molecule has 3 rings (SSSR count). The summed E-state index contributed by atoms with van der Waals surface area (Å²) in [5.74, 6) is 3.41. The van der Waals surface area contributed by atoms with Gasteiger partial charge in [-0.2, -0.15) is 0 Å². The highest BCUT2D eigenvalue weighted by molar-refractivity contribution is 6.29. The maximum Gasteiger partial charge on any atom is 0.194 e. The van der Waals surface area contributed by atoms with Crippen molar-refractivity contribution >= 4 is 17.6 Å². The third-order valence-corrected chi connectivity index (χ3v) is 4.92. The van der Waals surface area contributed by atoms with Gasteiger partial charge in [-0.1, -0.05) is 23.7 Å². The molecule has 0 saturated carbocycles. The van der Waals surface area contributed by atoms with Crippen molar-refractivity contribution in [3.63, 3.8) is 0 Å². The minimum absolute atomic E-state index is 0.554. The van der Waals surface area contributed by atoms with Crippen molar-refractivity contribution in [3.8, 4) is 5.75 Å². The van der Waals surface area contributed by atoms with Crippen LogP contribution >= 0.6 is 11.6 Å². The highest BCUT2D eigenvalue weighted by Gasteiger charge is 2.12. The highest BCUT2D eigenvalue weighted by atomic mass is 35.5. The van der Waals surface area contributed by atoms with Crippen LogP contribution in [0.4, 0.5) is 0 Å². The van der Waals surface area contributed by atoms with Crippen molar-refractivity contribution < 1.29 is 9.15 Å². The lowest BCUT2D eigenvalue weighted by Crippen LogP contribution is -2.40. The Balaban J connectivity index is 1.69. The molecule has 0 atom stereocenters. The smallest absolute Gasteiger partial charge is 0.194 e. The fraction of sp³-hybridized carbons (Fsp3) is 0.333. The number of guanidine groups is 1. The number of aliphatic imine (C=N–C) groups is 1. The van der Waals surface area contributed by atoms with Gasteiger partial charge in [-0.05, 0) is 29.8 Å². The lowest BCUT2D eigenvalue weighted by Gasteiger charge is -2.22. The molecular weight excluding hydrogens is 390 g/mol. The normalized spacial score (nSPS) is 11.5. The standard InChI is InChI=1S/C21H26ClN5O2/c1-26(15-20-24-14-19(22)27(20)2)21(23-11-10-18-5-4-12-29-18)25-13-16-6-8-17(28-3)9-7-16/h4-9,12,14H,10-11,13,15H2,1-3H3,(H,23,25). The summed E-state index contributed by atoms with van der Waals surface area (Å²) in [7, 11) is 5.54. The third-order valence-electron chi connectivity index (χ3n) is 4.57. The van der Waals surface area contributed by atoms with Crippen molar-refractivity contribution in [2.24, 2.45) is 12.0 Å². The van der Waals surface area contributed by atoms with Crippen LogP contribution in [0.3, 0.4) is 0 Å². The molecule has 2 aromatic heterocycles. The highest BCUT2D eigenvalue weighted by Crippen LogP contribution is 2.13. The molecule has 0 saturated heterocycles. The molecule has 7 nitrogen and oxygen atoms in total. The number of hydrogen-bond donors (Lipinski definition) is 1. The van der Waals surface area contributed by atoms with E-state index >= 15 is 0 Å². The van der Waals surface area contributed by atoms with Crippen LogP contribution in [-0.4, -0.2) is 41.1 Å². The molecule has 0 fully saturated rings. The van der Waals surface area contributed by atoms with Gasteiger partial charge in [-0.25, -0.2) is 9.98 Å². The van der Waals surface area contributed by atoms with Crippen molar-refractivity contribution in [2.75, 3.05) is 20.7 Å². The zero-order chi connectivity index (χ0) is 20.6. The van der Waals surface area contributed by atoms with Crippen molar-refractivity contribution in [1.29, 1.82) is 0 Å². The first-order chi connectivity index (χ1) is 14.1. The van der Waals surface area contributed by atoms with Crippen LogP contribution in [0.5, 0.6) is 5.75 Å². The van der Waals surface area contributed by atoms with Crippen LogP contribution in [0.25, 0.3) is 0 Å². The average Bonchev–Trinajstić information content (AvgIpc) is 3.36. The second-order valence-corrected chi connectivity index (χ2v) is 7.04. The Bertz CT molecular complexity index is 919. The van der Waals surface area contributed by atoms with E-state index in [4.69, 9.17) is 25.7 Å². The molecule has 1 N–H and O–H groups in total. The van der Waals surface area contributed by atoms with E-state index in [1.807, 2.05) is 60.0 Å². The summed E-state index contributed by atoms with van der Waals surface area (Å²) in [6, 6.07) is 11.8. The molecule has 2 heterocycles. The molecule has 0 radical (unpaired) electrons. The van der Waals surface area contributed by atoms with Gasteiger partial charge in [0.1, 0.15) is 22.5 Å². The maximum absolute atomic E-state index is 6.11. The van der Waals surface area contributed by atoms with Gasteiger partial charge in [-0.3, -0.25) is 0 Å². The number of rotatable bonds is 8. The first-order valence-electron chi connectivity index (χ1n) is 9.37. The SMILES string of the molecule is COc1ccc(CN=C(NCCc2ccco2)N(C)Cc2ncc(Cl)n2C)cc1. The minimum Gasteiger partial charge on any atom is -0.497 e. The second-order valence-electron chi connectivity index (χ2n) is 6.66. The van der Waals surface area contributed by atoms with Crippen LogP contribution in [0, 0.1) is 0 Å². The van der Waals surface area contributed by atoms with E-state index in [0.29, 0.717) is 24.8 Å². The van der Waals surface area contributed by atoms with Crippen LogP contribution < -0.4 is 10.1 Å². The summed E-state index contributed by atoms with van der Waals surface area (Å²) in [5, 5.41) is 4.03. The lowest BCUT2D eigenvalue weighted by atomic mass is 10.2. The predicted molar refractivity (Wildman–Crippen MR) is 114 cm³/mol. The molecule has 29 heavy (non-hydrogen) atoms. The number of methoxy groups -OCH3 is 1. The summed E-state index contributed by atoms with van der Waals surface area (Å²) >= 11 is 6.11. The number of aromatic nitrogens is 2. The number of benzene rings is 1. The summed E-state index contributed by atoms with van der Waals surface area (Å²) in [4.78, 5) is 11.2. The Kier molecular flexibility index (Phi) is 7.19. The second kappa shape index (κ2) is 10.0. The molecule has 3 aromatic rings. The van der Waals surface area contributed by atoms with E-state index < -0.39 is 0 Å². The van der Waals surface area contributed by atoms with E-state index in [2.05, 4.69) is 10.3 Å². The Morgan fingerprint density at radius 2 is 2.10 bits per heavy atom. The summed E-state index contributed by atoms with van der Waals surface area (Å²) < 4.78 is 12.5. The van der Waals surface area contributed by atoms with Crippen LogP contribution in [0.2, 0.25) is 5.15 Å². The zero-order valence-corrected chi connectivity index (χ0v) is 17.7. The van der Waals surface area contributed by atoms with Gasteiger partial charge >= 0.3 is 0 Å².